The van der Waals surface area contributed by atoms with E-state index in [9.17, 15) is 67.4 Å². The Morgan fingerprint density at radius 2 is 0.727 bits per heavy atom. The van der Waals surface area contributed by atoms with Crippen LogP contribution in [0.5, 0.6) is 5.75 Å². The standard InChI is InChI=1S/C38H57N13O15/c39-16-31(58)46-20(5-10-26(40)53)34(62)47-21(6-11-27(41)54)35(63)48-22(7-12-28(42)55)36(64)49-23(8-13-29(43)56)37(65)50-24(9-14-30(44)57)38(66)51-25(33(61)45-17-32(59)60)15-18-1-3-19(52)4-2-18/h1-4,20-25,52H,5-17,39H2,(H2,40,53)(H2,41,54)(H2,42,55)(H2,43,56)(H2,44,57)(H,45,61)(H,46,58)(H,47,62)(H,48,63)(H,49,64)(H,50,65)(H,51,66)(H,59,60)/t20-,21-,22-,23-,24-,25-/m0/s1. The molecule has 66 heavy (non-hydrogen) atoms. The van der Waals surface area contributed by atoms with Gasteiger partial charge in [0.15, 0.2) is 0 Å². The van der Waals surface area contributed by atoms with Gasteiger partial charge in [-0.15, -0.1) is 0 Å². The second-order valence-corrected chi connectivity index (χ2v) is 14.6. The summed E-state index contributed by atoms with van der Waals surface area (Å²) in [6.07, 6.45) is -5.24. The van der Waals surface area contributed by atoms with E-state index in [1.807, 2.05) is 0 Å². The molecule has 0 aliphatic rings. The van der Waals surface area contributed by atoms with Gasteiger partial charge in [-0.25, -0.2) is 0 Å². The zero-order chi connectivity index (χ0) is 50.1. The smallest absolute Gasteiger partial charge is 0.322 e. The number of benzene rings is 1. The summed E-state index contributed by atoms with van der Waals surface area (Å²) in [6, 6.07) is -4.50. The Morgan fingerprint density at radius 3 is 1.00 bits per heavy atom. The third-order valence-corrected chi connectivity index (χ3v) is 9.19. The van der Waals surface area contributed by atoms with E-state index in [0.717, 1.165) is 0 Å². The predicted molar refractivity (Wildman–Crippen MR) is 225 cm³/mol. The molecule has 28 nitrogen and oxygen atoms in total. The number of nitrogens with one attached hydrogen (secondary N) is 7. The van der Waals surface area contributed by atoms with Crippen molar-refractivity contribution in [1.29, 1.82) is 0 Å². The number of phenols is 1. The average Bonchev–Trinajstić information content (AvgIpc) is 3.23. The van der Waals surface area contributed by atoms with Crippen LogP contribution in [0.15, 0.2) is 24.3 Å². The van der Waals surface area contributed by atoms with Crippen molar-refractivity contribution in [2.75, 3.05) is 13.1 Å². The molecule has 0 radical (unpaired) electrons. The summed E-state index contributed by atoms with van der Waals surface area (Å²) in [5, 5.41) is 34.6. The van der Waals surface area contributed by atoms with E-state index in [0.29, 0.717) is 5.56 Å². The largest absolute Gasteiger partial charge is 0.508 e. The van der Waals surface area contributed by atoms with E-state index in [-0.39, 0.29) is 18.6 Å². The number of amides is 12. The van der Waals surface area contributed by atoms with Crippen LogP contribution in [-0.2, 0) is 68.7 Å². The van der Waals surface area contributed by atoms with Crippen LogP contribution in [0.3, 0.4) is 0 Å². The van der Waals surface area contributed by atoms with E-state index in [1.54, 1.807) is 0 Å². The van der Waals surface area contributed by atoms with Gasteiger partial charge in [0.05, 0.1) is 6.54 Å². The van der Waals surface area contributed by atoms with E-state index in [2.05, 4.69) is 37.2 Å². The first-order valence-electron chi connectivity index (χ1n) is 20.1. The van der Waals surface area contributed by atoms with E-state index in [1.165, 1.54) is 24.3 Å². The number of carbonyl (C=O) groups is 13. The zero-order valence-electron chi connectivity index (χ0n) is 35.6. The number of carboxylic acids is 1. The number of primary amides is 5. The van der Waals surface area contributed by atoms with Crippen LogP contribution in [0.25, 0.3) is 0 Å². The number of nitrogens with two attached hydrogens (primary N) is 6. The molecule has 0 aromatic heterocycles. The number of hydrogen-bond donors (Lipinski definition) is 15. The van der Waals surface area contributed by atoms with E-state index >= 15 is 0 Å². The van der Waals surface area contributed by atoms with Gasteiger partial charge in [0.25, 0.3) is 0 Å². The first kappa shape index (κ1) is 56.1. The highest BCUT2D eigenvalue weighted by molar-refractivity contribution is 5.98. The van der Waals surface area contributed by atoms with Crippen LogP contribution in [0, 0.1) is 0 Å². The van der Waals surface area contributed by atoms with Crippen molar-refractivity contribution in [2.24, 2.45) is 34.4 Å². The van der Waals surface area contributed by atoms with Crippen LogP contribution in [0.4, 0.5) is 0 Å². The van der Waals surface area contributed by atoms with Gasteiger partial charge in [0.2, 0.25) is 70.9 Å². The van der Waals surface area contributed by atoms with E-state index < -0.39 is 184 Å². The second-order valence-electron chi connectivity index (χ2n) is 14.6. The molecule has 28 heteroatoms. The SMILES string of the molecule is NCC(=O)N[C@@H](CCC(N)=O)C(=O)N[C@@H](CCC(N)=O)C(=O)N[C@@H](CCC(N)=O)C(=O)N[C@@H](CCC(N)=O)C(=O)N[C@@H](CCC(N)=O)C(=O)N[C@@H](Cc1ccc(O)cc1)C(=O)NCC(=O)O. The summed E-state index contributed by atoms with van der Waals surface area (Å²) in [4.78, 5) is 163. The van der Waals surface area contributed by atoms with Crippen molar-refractivity contribution in [3.8, 4) is 5.75 Å². The lowest BCUT2D eigenvalue weighted by Gasteiger charge is -2.27. The summed E-state index contributed by atoms with van der Waals surface area (Å²) in [5.74, 6) is -13.7. The molecular weight excluding hydrogens is 878 g/mol. The maximum Gasteiger partial charge on any atom is 0.322 e. The number of aromatic hydroxyl groups is 1. The van der Waals surface area contributed by atoms with Gasteiger partial charge >= 0.3 is 5.97 Å². The molecule has 0 spiro atoms. The molecule has 6 atom stereocenters. The number of carbonyl (C=O) groups excluding carboxylic acids is 12. The van der Waals surface area contributed by atoms with Crippen LogP contribution in [0.1, 0.15) is 69.8 Å². The van der Waals surface area contributed by atoms with Crippen LogP contribution >= 0.6 is 0 Å². The Balaban J connectivity index is 3.53. The van der Waals surface area contributed by atoms with E-state index in [4.69, 9.17) is 39.5 Å². The fourth-order valence-electron chi connectivity index (χ4n) is 5.75. The topological polar surface area (TPSA) is 503 Å². The second kappa shape index (κ2) is 28.7. The summed E-state index contributed by atoms with van der Waals surface area (Å²) in [5.41, 5.74) is 32.0. The lowest BCUT2D eigenvalue weighted by atomic mass is 10.0. The maximum atomic E-state index is 13.9. The monoisotopic (exact) mass is 935 g/mol. The molecular formula is C38H57N13O15. The minimum Gasteiger partial charge on any atom is -0.508 e. The summed E-state index contributed by atoms with van der Waals surface area (Å²) >= 11 is 0. The summed E-state index contributed by atoms with van der Waals surface area (Å²) in [7, 11) is 0. The fourth-order valence-corrected chi connectivity index (χ4v) is 5.75. The molecule has 0 fully saturated rings. The minimum atomic E-state index is -1.77. The van der Waals surface area contributed by atoms with Gasteiger partial charge in [0.1, 0.15) is 48.5 Å². The van der Waals surface area contributed by atoms with Crippen molar-refractivity contribution < 1.29 is 72.5 Å². The van der Waals surface area contributed by atoms with Crippen molar-refractivity contribution in [1.82, 2.24) is 37.2 Å². The molecule has 1 rings (SSSR count). The zero-order valence-corrected chi connectivity index (χ0v) is 35.6. The van der Waals surface area contributed by atoms with Crippen LogP contribution in [-0.4, -0.2) is 136 Å². The Morgan fingerprint density at radius 1 is 0.439 bits per heavy atom. The summed E-state index contributed by atoms with van der Waals surface area (Å²) in [6.45, 7) is -1.42. The highest BCUT2D eigenvalue weighted by atomic mass is 16.4. The molecule has 12 amide bonds. The molecule has 0 aliphatic heterocycles. The Bertz CT molecular complexity index is 1970. The highest BCUT2D eigenvalue weighted by Crippen LogP contribution is 2.13. The minimum absolute atomic E-state index is 0.128. The molecule has 1 aromatic carbocycles. The highest BCUT2D eigenvalue weighted by Gasteiger charge is 2.34. The number of carboxylic acid groups (broad SMARTS) is 1. The lowest BCUT2D eigenvalue weighted by molar-refractivity contribution is -0.138. The summed E-state index contributed by atoms with van der Waals surface area (Å²) < 4.78 is 0. The maximum absolute atomic E-state index is 13.9. The van der Waals surface area contributed by atoms with Gasteiger partial charge in [-0.3, -0.25) is 62.3 Å². The van der Waals surface area contributed by atoms with Crippen molar-refractivity contribution in [3.05, 3.63) is 29.8 Å². The number of hydrogen-bond acceptors (Lipinski definition) is 15. The van der Waals surface area contributed by atoms with Gasteiger partial charge in [-0.1, -0.05) is 12.1 Å². The normalized spacial score (nSPS) is 13.3. The number of phenolic OH excluding ortho intramolecular Hbond substituents is 1. The predicted octanol–water partition coefficient (Wildman–Crippen LogP) is -7.67. The third kappa shape index (κ3) is 23.0. The van der Waals surface area contributed by atoms with Crippen LogP contribution < -0.4 is 71.6 Å². The molecule has 0 aliphatic carbocycles. The van der Waals surface area contributed by atoms with Gasteiger partial charge < -0.3 is 81.8 Å². The quantitative estimate of drug-likeness (QED) is 0.0319. The molecule has 0 unspecified atom stereocenters. The van der Waals surface area contributed by atoms with Crippen LogP contribution in [0.2, 0.25) is 0 Å². The molecule has 0 heterocycles. The van der Waals surface area contributed by atoms with Gasteiger partial charge in [-0.2, -0.15) is 0 Å². The lowest BCUT2D eigenvalue weighted by Crippen LogP contribution is -2.60. The molecule has 0 bridgehead atoms. The third-order valence-electron chi connectivity index (χ3n) is 9.19. The molecule has 364 valence electrons. The number of aliphatic carboxylic acids is 1. The van der Waals surface area contributed by atoms with Gasteiger partial charge in [-0.05, 0) is 49.8 Å². The molecule has 0 saturated carbocycles. The van der Waals surface area contributed by atoms with Crippen molar-refractivity contribution in [3.63, 3.8) is 0 Å². The Hall–Kier alpha value is -7.91. The first-order valence-corrected chi connectivity index (χ1v) is 20.1. The van der Waals surface area contributed by atoms with Gasteiger partial charge in [0, 0.05) is 38.5 Å². The van der Waals surface area contributed by atoms with Crippen molar-refractivity contribution in [2.45, 2.75) is 107 Å². The molecule has 1 aromatic rings. The average molecular weight is 936 g/mol. The first-order chi connectivity index (χ1) is 30.9. The fraction of sp³-hybridized carbons (Fsp3) is 0.500. The molecule has 0 saturated heterocycles. The number of rotatable bonds is 32. The Labute approximate surface area is 376 Å². The Kier molecular flexibility index (Phi) is 24.4. The van der Waals surface area contributed by atoms with Crippen molar-refractivity contribution >= 4 is 76.9 Å². The molecule has 21 N–H and O–H groups in total.